The lowest BCUT2D eigenvalue weighted by molar-refractivity contribution is -0.128. The number of nitrogens with zero attached hydrogens (tertiary/aromatic N) is 3. The first kappa shape index (κ1) is 26.7. The van der Waals surface area contributed by atoms with Gasteiger partial charge in [0.25, 0.3) is 5.91 Å². The summed E-state index contributed by atoms with van der Waals surface area (Å²) in [5.74, 6) is 1.69. The summed E-state index contributed by atoms with van der Waals surface area (Å²) in [5.41, 5.74) is 1.45. The normalized spacial score (nSPS) is 21.2. The first-order valence-corrected chi connectivity index (χ1v) is 14.6. The summed E-state index contributed by atoms with van der Waals surface area (Å²) < 4.78 is 11.9. The van der Waals surface area contributed by atoms with Crippen LogP contribution >= 0.6 is 0 Å². The second-order valence-electron chi connectivity index (χ2n) is 11.5. The van der Waals surface area contributed by atoms with Gasteiger partial charge in [-0.05, 0) is 73.4 Å². The van der Waals surface area contributed by atoms with Gasteiger partial charge in [0.1, 0.15) is 11.5 Å². The van der Waals surface area contributed by atoms with Crippen molar-refractivity contribution in [2.24, 2.45) is 5.92 Å². The molecule has 1 N–H and O–H groups in total. The van der Waals surface area contributed by atoms with Crippen LogP contribution in [-0.4, -0.2) is 71.5 Å². The highest BCUT2D eigenvalue weighted by atomic mass is 16.5. The number of ether oxygens (including phenoxy) is 2. The Morgan fingerprint density at radius 2 is 1.88 bits per heavy atom. The van der Waals surface area contributed by atoms with Gasteiger partial charge >= 0.3 is 0 Å². The third-order valence-corrected chi connectivity index (χ3v) is 8.51. The van der Waals surface area contributed by atoms with Gasteiger partial charge in [0.2, 0.25) is 5.91 Å². The summed E-state index contributed by atoms with van der Waals surface area (Å²) in [6.45, 7) is 7.00. The van der Waals surface area contributed by atoms with Crippen molar-refractivity contribution in [3.63, 3.8) is 0 Å². The smallest absolute Gasteiger partial charge is 0.251 e. The van der Waals surface area contributed by atoms with E-state index in [9.17, 15) is 9.59 Å². The Bertz CT molecular complexity index is 1360. The zero-order valence-corrected chi connectivity index (χ0v) is 23.2. The number of rotatable bonds is 7. The van der Waals surface area contributed by atoms with Gasteiger partial charge in [-0.1, -0.05) is 13.0 Å². The van der Waals surface area contributed by atoms with E-state index in [0.29, 0.717) is 42.0 Å². The van der Waals surface area contributed by atoms with Crippen molar-refractivity contribution in [2.75, 3.05) is 32.8 Å². The zero-order valence-electron chi connectivity index (χ0n) is 23.2. The lowest BCUT2D eigenvalue weighted by atomic mass is 9.99. The maximum absolute atomic E-state index is 13.4. The number of piperidine rings is 1. The van der Waals surface area contributed by atoms with Gasteiger partial charge in [-0.15, -0.1) is 0 Å². The molecule has 3 aliphatic heterocycles. The maximum atomic E-state index is 13.4. The first-order chi connectivity index (χ1) is 19.5. The lowest BCUT2D eigenvalue weighted by Gasteiger charge is -2.39. The van der Waals surface area contributed by atoms with Gasteiger partial charge in [-0.25, -0.2) is 0 Å². The van der Waals surface area contributed by atoms with E-state index in [0.717, 1.165) is 74.9 Å². The minimum atomic E-state index is -0.0867. The Morgan fingerprint density at radius 3 is 2.65 bits per heavy atom. The van der Waals surface area contributed by atoms with Crippen molar-refractivity contribution in [2.45, 2.75) is 57.7 Å². The number of benzene rings is 2. The molecule has 1 unspecified atom stereocenters. The second kappa shape index (κ2) is 11.9. The minimum absolute atomic E-state index is 0.0867. The quantitative estimate of drug-likeness (QED) is 0.463. The summed E-state index contributed by atoms with van der Waals surface area (Å²) in [6, 6.07) is 14.2. The fourth-order valence-electron chi connectivity index (χ4n) is 6.23. The number of likely N-dealkylation sites (tertiary alicyclic amines) is 2. The van der Waals surface area contributed by atoms with Crippen molar-refractivity contribution in [1.82, 2.24) is 20.1 Å². The van der Waals surface area contributed by atoms with Crippen LogP contribution in [0.25, 0.3) is 10.8 Å². The third kappa shape index (κ3) is 6.13. The van der Waals surface area contributed by atoms with Crippen LogP contribution in [0, 0.1) is 5.92 Å². The van der Waals surface area contributed by atoms with Gasteiger partial charge in [0.15, 0.2) is 0 Å². The molecule has 3 aromatic rings. The molecule has 1 aromatic heterocycles. The summed E-state index contributed by atoms with van der Waals surface area (Å²) in [5, 5.41) is 5.32. The molecule has 8 heteroatoms. The molecular weight excluding hydrogens is 504 g/mol. The number of nitrogens with one attached hydrogen (secondary N) is 1. The molecule has 4 heterocycles. The van der Waals surface area contributed by atoms with Crippen molar-refractivity contribution in [3.05, 3.63) is 66.0 Å². The highest BCUT2D eigenvalue weighted by molar-refractivity contribution is 5.95. The number of amides is 2. The molecule has 3 saturated heterocycles. The fraction of sp³-hybridized carbons (Fsp3) is 0.469. The van der Waals surface area contributed by atoms with E-state index in [1.54, 1.807) is 6.20 Å². The van der Waals surface area contributed by atoms with E-state index in [4.69, 9.17) is 9.47 Å². The largest absolute Gasteiger partial charge is 0.457 e. The highest BCUT2D eigenvalue weighted by Gasteiger charge is 2.29. The molecule has 0 spiro atoms. The average molecular weight is 543 g/mol. The third-order valence-electron chi connectivity index (χ3n) is 8.51. The van der Waals surface area contributed by atoms with Crippen LogP contribution in [-0.2, 0) is 16.1 Å². The summed E-state index contributed by atoms with van der Waals surface area (Å²) in [4.78, 5) is 34.5. The molecule has 0 aliphatic carbocycles. The van der Waals surface area contributed by atoms with Crippen molar-refractivity contribution in [1.29, 1.82) is 0 Å². The van der Waals surface area contributed by atoms with Gasteiger partial charge in [-0.3, -0.25) is 14.6 Å². The molecule has 3 fully saturated rings. The number of carbonyl (C=O) groups is 2. The van der Waals surface area contributed by atoms with Gasteiger partial charge in [0, 0.05) is 86.8 Å². The first-order valence-electron chi connectivity index (χ1n) is 14.6. The predicted molar refractivity (Wildman–Crippen MR) is 153 cm³/mol. The Labute approximate surface area is 235 Å². The number of hydrogen-bond acceptors (Lipinski definition) is 6. The van der Waals surface area contributed by atoms with Crippen LogP contribution in [0.1, 0.15) is 54.9 Å². The molecule has 210 valence electrons. The molecular formula is C32H38N4O4. The fourth-order valence-corrected chi connectivity index (χ4v) is 6.23. The van der Waals surface area contributed by atoms with Crippen molar-refractivity contribution in [3.8, 4) is 11.5 Å². The van der Waals surface area contributed by atoms with Crippen LogP contribution in [0.3, 0.4) is 0 Å². The highest BCUT2D eigenvalue weighted by Crippen LogP contribution is 2.31. The molecule has 6 rings (SSSR count). The van der Waals surface area contributed by atoms with Crippen LogP contribution < -0.4 is 10.1 Å². The minimum Gasteiger partial charge on any atom is -0.457 e. The molecule has 1 atom stereocenters. The number of pyridine rings is 1. The van der Waals surface area contributed by atoms with Crippen LogP contribution in [0.2, 0.25) is 0 Å². The van der Waals surface area contributed by atoms with E-state index in [1.165, 1.54) is 0 Å². The molecule has 8 nitrogen and oxygen atoms in total. The van der Waals surface area contributed by atoms with E-state index in [1.807, 2.05) is 53.6 Å². The van der Waals surface area contributed by atoms with Crippen molar-refractivity contribution >= 4 is 22.6 Å². The summed E-state index contributed by atoms with van der Waals surface area (Å²) in [6.07, 6.45) is 8.25. The second-order valence-corrected chi connectivity index (χ2v) is 11.5. The molecule has 40 heavy (non-hydrogen) atoms. The van der Waals surface area contributed by atoms with E-state index >= 15 is 0 Å². The molecule has 2 aromatic carbocycles. The topological polar surface area (TPSA) is 84.0 Å². The number of aromatic nitrogens is 1. The van der Waals surface area contributed by atoms with Gasteiger partial charge in [0.05, 0.1) is 0 Å². The molecule has 0 saturated carbocycles. The summed E-state index contributed by atoms with van der Waals surface area (Å²) in [7, 11) is 0. The van der Waals surface area contributed by atoms with E-state index in [-0.39, 0.29) is 17.9 Å². The number of hydrogen-bond donors (Lipinski definition) is 1. The number of fused-ring (bicyclic) bond motifs is 1. The molecule has 3 aliphatic rings. The number of carbonyl (C=O) groups excluding carboxylic acids is 2. The predicted octanol–water partition coefficient (Wildman–Crippen LogP) is 4.77. The SMILES string of the molecule is CC1CC(=O)N(Cc2ccc(C(=O)NC3CCN(C4CCOCC4)CC3)cc2Oc2ccc3cnccc3c2)C1. The maximum Gasteiger partial charge on any atom is 0.251 e. The lowest BCUT2D eigenvalue weighted by Crippen LogP contribution is -2.49. The average Bonchev–Trinajstić information content (AvgIpc) is 3.30. The van der Waals surface area contributed by atoms with Crippen LogP contribution in [0.15, 0.2) is 54.9 Å². The van der Waals surface area contributed by atoms with Gasteiger partial charge in [-0.2, -0.15) is 0 Å². The molecule has 0 radical (unpaired) electrons. The molecule has 0 bridgehead atoms. The van der Waals surface area contributed by atoms with Gasteiger partial charge < -0.3 is 24.6 Å². The zero-order chi connectivity index (χ0) is 27.5. The van der Waals surface area contributed by atoms with E-state index in [2.05, 4.69) is 22.1 Å². The Morgan fingerprint density at radius 1 is 1.05 bits per heavy atom. The monoisotopic (exact) mass is 542 g/mol. The summed E-state index contributed by atoms with van der Waals surface area (Å²) >= 11 is 0. The Hall–Kier alpha value is -3.49. The van der Waals surface area contributed by atoms with Crippen LogP contribution in [0.5, 0.6) is 11.5 Å². The van der Waals surface area contributed by atoms with E-state index < -0.39 is 0 Å². The van der Waals surface area contributed by atoms with Crippen LogP contribution in [0.4, 0.5) is 0 Å². The molecule has 2 amide bonds. The Kier molecular flexibility index (Phi) is 7.98. The Balaban J connectivity index is 1.17. The van der Waals surface area contributed by atoms with Crippen molar-refractivity contribution < 1.29 is 19.1 Å². The standard InChI is InChI=1S/C32H38N4O4/c1-22-16-31(37)36(20-22)21-26-3-2-24(18-30(26)40-29-5-4-25-19-33-11-6-23(25)17-29)32(38)34-27-7-12-35(13-8-27)28-9-14-39-15-10-28/h2-6,11,17-19,22,27-28H,7-10,12-16,20-21H2,1H3,(H,34,38).